The van der Waals surface area contributed by atoms with Gasteiger partial charge in [0.2, 0.25) is 0 Å². The van der Waals surface area contributed by atoms with Crippen LogP contribution in [-0.2, 0) is 0 Å². The first-order chi connectivity index (χ1) is 11.8. The summed E-state index contributed by atoms with van der Waals surface area (Å²) in [5.74, 6) is 0. The van der Waals surface area contributed by atoms with Crippen molar-refractivity contribution in [1.29, 1.82) is 0 Å². The van der Waals surface area contributed by atoms with Crippen LogP contribution in [0.2, 0.25) is 5.02 Å². The summed E-state index contributed by atoms with van der Waals surface area (Å²) in [5.41, 5.74) is 4.68. The van der Waals surface area contributed by atoms with E-state index in [1.54, 1.807) is 0 Å². The van der Waals surface area contributed by atoms with E-state index in [9.17, 15) is 0 Å². The first-order valence-corrected chi connectivity index (χ1v) is 8.11. The van der Waals surface area contributed by atoms with Gasteiger partial charge in [-0.25, -0.2) is 9.50 Å². The molecule has 5 aromatic rings. The zero-order chi connectivity index (χ0) is 16.1. The van der Waals surface area contributed by atoms with Gasteiger partial charge in [0.1, 0.15) is 0 Å². The number of halogens is 1. The number of hydrogen-bond donors (Lipinski definition) is 0. The maximum absolute atomic E-state index is 6.18. The van der Waals surface area contributed by atoms with E-state index >= 15 is 0 Å². The van der Waals surface area contributed by atoms with Crippen molar-refractivity contribution in [2.75, 3.05) is 0 Å². The van der Waals surface area contributed by atoms with E-state index in [2.05, 4.69) is 24.3 Å². The number of aromatic nitrogens is 3. The van der Waals surface area contributed by atoms with Crippen molar-refractivity contribution in [2.45, 2.75) is 0 Å². The fourth-order valence-electron chi connectivity index (χ4n) is 3.16. The Balaban J connectivity index is 2.01. The second-order valence-corrected chi connectivity index (χ2v) is 6.18. The van der Waals surface area contributed by atoms with Gasteiger partial charge in [-0.05, 0) is 18.2 Å². The Morgan fingerprint density at radius 3 is 2.38 bits per heavy atom. The molecule has 3 aromatic carbocycles. The summed E-state index contributed by atoms with van der Waals surface area (Å²) in [6, 6.07) is 24.2. The quantitative estimate of drug-likeness (QED) is 0.414. The van der Waals surface area contributed by atoms with Crippen LogP contribution in [0.15, 0.2) is 72.8 Å². The Morgan fingerprint density at radius 1 is 0.792 bits per heavy atom. The van der Waals surface area contributed by atoms with Crippen molar-refractivity contribution in [3.05, 3.63) is 77.8 Å². The third kappa shape index (κ3) is 1.92. The van der Waals surface area contributed by atoms with Gasteiger partial charge < -0.3 is 0 Å². The molecular formula is C20H12ClN3. The monoisotopic (exact) mass is 329 g/mol. The van der Waals surface area contributed by atoms with Crippen LogP contribution in [0.5, 0.6) is 0 Å². The summed E-state index contributed by atoms with van der Waals surface area (Å²) in [5, 5.41) is 7.76. The first kappa shape index (κ1) is 13.5. The van der Waals surface area contributed by atoms with E-state index in [0.717, 1.165) is 38.7 Å². The van der Waals surface area contributed by atoms with E-state index in [0.29, 0.717) is 5.02 Å². The maximum atomic E-state index is 6.18. The highest BCUT2D eigenvalue weighted by Crippen LogP contribution is 2.31. The standard InChI is InChI=1S/C20H12ClN3/c21-14-10-11-17-18(12-14)24-20(22-17)16-9-5-4-8-15(16)19(23-24)13-6-2-1-3-7-13/h1-12H. The Morgan fingerprint density at radius 2 is 1.54 bits per heavy atom. The average Bonchev–Trinajstić information content (AvgIpc) is 3.00. The zero-order valence-electron chi connectivity index (χ0n) is 12.6. The number of hydrogen-bond acceptors (Lipinski definition) is 2. The molecule has 114 valence electrons. The third-order valence-corrected chi connectivity index (χ3v) is 4.50. The molecule has 0 bridgehead atoms. The lowest BCUT2D eigenvalue weighted by Gasteiger charge is -2.08. The molecule has 0 aliphatic rings. The molecule has 0 amide bonds. The van der Waals surface area contributed by atoms with E-state index in [4.69, 9.17) is 21.7 Å². The largest absolute Gasteiger partial charge is 0.226 e. The van der Waals surface area contributed by atoms with Gasteiger partial charge in [-0.3, -0.25) is 0 Å². The fourth-order valence-corrected chi connectivity index (χ4v) is 3.33. The van der Waals surface area contributed by atoms with Crippen LogP contribution in [0.3, 0.4) is 0 Å². The second-order valence-electron chi connectivity index (χ2n) is 5.74. The van der Waals surface area contributed by atoms with Crippen molar-refractivity contribution < 1.29 is 0 Å². The van der Waals surface area contributed by atoms with Crippen LogP contribution in [0.25, 0.3) is 38.7 Å². The molecule has 2 heterocycles. The molecule has 3 nitrogen and oxygen atoms in total. The van der Waals surface area contributed by atoms with Gasteiger partial charge in [0.25, 0.3) is 0 Å². The van der Waals surface area contributed by atoms with Crippen LogP contribution in [0, 0.1) is 0 Å². The van der Waals surface area contributed by atoms with Gasteiger partial charge in [0.15, 0.2) is 5.65 Å². The highest BCUT2D eigenvalue weighted by Gasteiger charge is 2.14. The minimum Gasteiger partial charge on any atom is -0.226 e. The molecule has 0 saturated carbocycles. The molecule has 4 heteroatoms. The normalized spacial score (nSPS) is 11.5. The predicted molar refractivity (Wildman–Crippen MR) is 98.4 cm³/mol. The van der Waals surface area contributed by atoms with Crippen LogP contribution >= 0.6 is 11.6 Å². The van der Waals surface area contributed by atoms with Crippen LogP contribution < -0.4 is 0 Å². The molecular weight excluding hydrogens is 318 g/mol. The van der Waals surface area contributed by atoms with E-state index in [-0.39, 0.29) is 0 Å². The number of imidazole rings is 1. The molecule has 2 aromatic heterocycles. The molecule has 0 unspecified atom stereocenters. The van der Waals surface area contributed by atoms with Gasteiger partial charge in [-0.1, -0.05) is 66.2 Å². The van der Waals surface area contributed by atoms with Crippen LogP contribution in [0.1, 0.15) is 0 Å². The third-order valence-electron chi connectivity index (χ3n) is 4.26. The summed E-state index contributed by atoms with van der Waals surface area (Å²) in [6.45, 7) is 0. The Hall–Kier alpha value is -2.91. The SMILES string of the molecule is Clc1ccc2nc3c4ccccc4c(-c4ccccc4)nn3c2c1. The lowest BCUT2D eigenvalue weighted by Crippen LogP contribution is -1.97. The molecule has 0 aliphatic carbocycles. The van der Waals surface area contributed by atoms with Crippen LogP contribution in [0.4, 0.5) is 0 Å². The molecule has 0 aliphatic heterocycles. The number of nitrogens with zero attached hydrogens (tertiary/aromatic N) is 3. The summed E-state index contributed by atoms with van der Waals surface area (Å²) in [6.07, 6.45) is 0. The van der Waals surface area contributed by atoms with Gasteiger partial charge >= 0.3 is 0 Å². The molecule has 0 saturated heterocycles. The number of rotatable bonds is 1. The molecule has 0 atom stereocenters. The second kappa shape index (κ2) is 5.05. The summed E-state index contributed by atoms with van der Waals surface area (Å²) in [7, 11) is 0. The number of fused-ring (bicyclic) bond motifs is 5. The smallest absolute Gasteiger partial charge is 0.162 e. The van der Waals surface area contributed by atoms with E-state index in [1.165, 1.54) is 0 Å². The number of benzene rings is 3. The van der Waals surface area contributed by atoms with Crippen molar-refractivity contribution >= 4 is 39.1 Å². The topological polar surface area (TPSA) is 30.2 Å². The van der Waals surface area contributed by atoms with Gasteiger partial charge in [0.05, 0.1) is 16.7 Å². The van der Waals surface area contributed by atoms with Crippen molar-refractivity contribution in [1.82, 2.24) is 14.6 Å². The molecule has 0 N–H and O–H groups in total. The van der Waals surface area contributed by atoms with Crippen LogP contribution in [-0.4, -0.2) is 14.6 Å². The fraction of sp³-hybridized carbons (Fsp3) is 0. The Labute approximate surface area is 143 Å². The minimum atomic E-state index is 0.681. The van der Waals surface area contributed by atoms with Crippen molar-refractivity contribution in [3.8, 4) is 11.3 Å². The molecule has 0 fully saturated rings. The van der Waals surface area contributed by atoms with Gasteiger partial charge in [-0.2, -0.15) is 5.10 Å². The molecule has 0 radical (unpaired) electrons. The maximum Gasteiger partial charge on any atom is 0.162 e. The molecule has 0 spiro atoms. The molecule has 24 heavy (non-hydrogen) atoms. The molecule has 5 rings (SSSR count). The highest BCUT2D eigenvalue weighted by atomic mass is 35.5. The zero-order valence-corrected chi connectivity index (χ0v) is 13.4. The lowest BCUT2D eigenvalue weighted by molar-refractivity contribution is 0.985. The Kier molecular flexibility index (Phi) is 2.84. The van der Waals surface area contributed by atoms with Gasteiger partial charge in [-0.15, -0.1) is 0 Å². The minimum absolute atomic E-state index is 0.681. The lowest BCUT2D eigenvalue weighted by atomic mass is 10.1. The van der Waals surface area contributed by atoms with E-state index in [1.807, 2.05) is 53.0 Å². The van der Waals surface area contributed by atoms with Gasteiger partial charge in [0, 0.05) is 21.4 Å². The summed E-state index contributed by atoms with van der Waals surface area (Å²) < 4.78 is 1.89. The first-order valence-electron chi connectivity index (χ1n) is 7.73. The highest BCUT2D eigenvalue weighted by molar-refractivity contribution is 6.31. The van der Waals surface area contributed by atoms with Crippen molar-refractivity contribution in [3.63, 3.8) is 0 Å². The van der Waals surface area contributed by atoms with Crippen molar-refractivity contribution in [2.24, 2.45) is 0 Å². The van der Waals surface area contributed by atoms with E-state index < -0.39 is 0 Å². The average molecular weight is 330 g/mol. The Bertz CT molecular complexity index is 1210. The summed E-state index contributed by atoms with van der Waals surface area (Å²) in [4.78, 5) is 4.76. The predicted octanol–water partition coefficient (Wildman–Crippen LogP) is 5.36. The summed E-state index contributed by atoms with van der Waals surface area (Å²) >= 11 is 6.18.